The number of piperazine rings is 1. The average Bonchev–Trinajstić information content (AvgIpc) is 3.36. The van der Waals surface area contributed by atoms with Crippen molar-refractivity contribution in [3.05, 3.63) is 23.8 Å². The molecule has 1 spiro atoms. The number of guanidine groups is 1. The van der Waals surface area contributed by atoms with Gasteiger partial charge in [0, 0.05) is 63.8 Å². The van der Waals surface area contributed by atoms with Crippen LogP contribution in [-0.2, 0) is 11.3 Å². The first-order valence-electron chi connectivity index (χ1n) is 11.5. The van der Waals surface area contributed by atoms with Gasteiger partial charge in [0.25, 0.3) is 0 Å². The van der Waals surface area contributed by atoms with Crippen LogP contribution in [0.2, 0.25) is 0 Å². The maximum Gasteiger partial charge on any atom is 0.231 e. The predicted molar refractivity (Wildman–Crippen MR) is 129 cm³/mol. The third-order valence-corrected chi connectivity index (χ3v) is 8.05. The van der Waals surface area contributed by atoms with E-state index in [-0.39, 0.29) is 24.0 Å². The molecule has 2 saturated heterocycles. The first-order valence-corrected chi connectivity index (χ1v) is 11.5. The number of ether oxygens (including phenoxy) is 3. The Labute approximate surface area is 201 Å². The van der Waals surface area contributed by atoms with Crippen molar-refractivity contribution >= 4 is 29.9 Å². The van der Waals surface area contributed by atoms with E-state index in [1.165, 1.54) is 31.2 Å². The van der Waals surface area contributed by atoms with Crippen LogP contribution in [0.4, 0.5) is 0 Å². The molecule has 3 aliphatic heterocycles. The fraction of sp³-hybridized carbons (Fsp3) is 0.696. The largest absolute Gasteiger partial charge is 0.454 e. The van der Waals surface area contributed by atoms with Crippen LogP contribution in [0.3, 0.4) is 0 Å². The number of hydrogen-bond acceptors (Lipinski definition) is 5. The van der Waals surface area contributed by atoms with Crippen LogP contribution < -0.4 is 14.8 Å². The summed E-state index contributed by atoms with van der Waals surface area (Å²) in [4.78, 5) is 9.61. The van der Waals surface area contributed by atoms with Crippen LogP contribution in [0.1, 0.15) is 31.2 Å². The Bertz CT molecular complexity index is 838. The molecule has 3 unspecified atom stereocenters. The Balaban J connectivity index is 0.00000204. The zero-order valence-corrected chi connectivity index (χ0v) is 20.5. The Morgan fingerprint density at radius 2 is 1.97 bits per heavy atom. The summed E-state index contributed by atoms with van der Waals surface area (Å²) in [5, 5.41) is 3.88. The molecule has 2 saturated carbocycles. The molecular weight excluding hydrogens is 507 g/mol. The summed E-state index contributed by atoms with van der Waals surface area (Å²) >= 11 is 0. The van der Waals surface area contributed by atoms with Crippen LogP contribution in [0.15, 0.2) is 23.2 Å². The van der Waals surface area contributed by atoms with E-state index in [2.05, 4.69) is 32.2 Å². The van der Waals surface area contributed by atoms with E-state index < -0.39 is 0 Å². The second-order valence-electron chi connectivity index (χ2n) is 9.45. The highest BCUT2D eigenvalue weighted by Crippen LogP contribution is 2.62. The van der Waals surface area contributed by atoms with E-state index in [4.69, 9.17) is 14.2 Å². The van der Waals surface area contributed by atoms with Crippen molar-refractivity contribution in [1.82, 2.24) is 15.1 Å². The third kappa shape index (κ3) is 3.58. The van der Waals surface area contributed by atoms with Gasteiger partial charge in [-0.3, -0.25) is 9.89 Å². The summed E-state index contributed by atoms with van der Waals surface area (Å²) in [5.41, 5.74) is 1.67. The summed E-state index contributed by atoms with van der Waals surface area (Å²) in [7, 11) is 1.93. The highest BCUT2D eigenvalue weighted by atomic mass is 127. The Morgan fingerprint density at radius 3 is 2.71 bits per heavy atom. The monoisotopic (exact) mass is 540 g/mol. The fourth-order valence-corrected chi connectivity index (χ4v) is 6.31. The summed E-state index contributed by atoms with van der Waals surface area (Å²) in [5.74, 6) is 3.48. The molecule has 3 atom stereocenters. The van der Waals surface area contributed by atoms with Crippen LogP contribution in [0.5, 0.6) is 11.5 Å². The minimum Gasteiger partial charge on any atom is -0.454 e. The van der Waals surface area contributed by atoms with Gasteiger partial charge < -0.3 is 24.4 Å². The lowest BCUT2D eigenvalue weighted by molar-refractivity contribution is -0.171. The van der Waals surface area contributed by atoms with E-state index in [1.807, 2.05) is 13.1 Å². The topological polar surface area (TPSA) is 58.6 Å². The van der Waals surface area contributed by atoms with Gasteiger partial charge >= 0.3 is 0 Å². The van der Waals surface area contributed by atoms with Gasteiger partial charge in [0.05, 0.1) is 6.10 Å². The van der Waals surface area contributed by atoms with Crippen LogP contribution >= 0.6 is 24.0 Å². The molecule has 4 fully saturated rings. The molecule has 2 aliphatic carbocycles. The number of rotatable bonds is 3. The standard InChI is InChI=1S/C23H32N4O3.HI/c1-24-22(25-20-17-5-12-28-21(17)23(20)6-2-7-23)27-10-8-26(9-11-27)14-16-3-4-18-19(13-16)30-15-29-18;/h3-4,13,17,20-21H,2,5-12,14-15H2,1H3,(H,24,25);1H. The number of halogens is 1. The van der Waals surface area contributed by atoms with Crippen molar-refractivity contribution in [2.24, 2.45) is 16.3 Å². The smallest absolute Gasteiger partial charge is 0.231 e. The van der Waals surface area contributed by atoms with E-state index in [0.717, 1.165) is 56.8 Å². The van der Waals surface area contributed by atoms with Gasteiger partial charge in [-0.25, -0.2) is 0 Å². The molecule has 3 heterocycles. The molecule has 1 aromatic rings. The number of fused-ring (bicyclic) bond motifs is 3. The fourth-order valence-electron chi connectivity index (χ4n) is 6.31. The van der Waals surface area contributed by atoms with Gasteiger partial charge in [0.2, 0.25) is 6.79 Å². The Kier molecular flexibility index (Phi) is 5.98. The lowest BCUT2D eigenvalue weighted by atomic mass is 9.46. The zero-order chi connectivity index (χ0) is 20.1. The molecule has 6 rings (SSSR count). The number of nitrogens with one attached hydrogen (secondary N) is 1. The molecule has 0 bridgehead atoms. The zero-order valence-electron chi connectivity index (χ0n) is 18.2. The highest BCUT2D eigenvalue weighted by molar-refractivity contribution is 14.0. The number of hydrogen-bond donors (Lipinski definition) is 1. The summed E-state index contributed by atoms with van der Waals surface area (Å²) < 4.78 is 17.0. The van der Waals surface area contributed by atoms with Gasteiger partial charge in [-0.15, -0.1) is 24.0 Å². The SMILES string of the molecule is CN=C(NC1C2CCOC2C12CCC2)N1CCN(Cc2ccc3c(c2)OCO3)CC1.I. The Morgan fingerprint density at radius 1 is 1.16 bits per heavy atom. The van der Waals surface area contributed by atoms with Crippen LogP contribution in [0.25, 0.3) is 0 Å². The van der Waals surface area contributed by atoms with Gasteiger partial charge in [0.15, 0.2) is 17.5 Å². The van der Waals surface area contributed by atoms with E-state index in [0.29, 0.717) is 30.3 Å². The number of nitrogens with zero attached hydrogens (tertiary/aromatic N) is 3. The molecule has 0 amide bonds. The van der Waals surface area contributed by atoms with Crippen molar-refractivity contribution in [3.8, 4) is 11.5 Å². The van der Waals surface area contributed by atoms with Crippen LogP contribution in [-0.4, -0.2) is 74.5 Å². The minimum atomic E-state index is 0. The third-order valence-electron chi connectivity index (χ3n) is 8.05. The van der Waals surface area contributed by atoms with Crippen molar-refractivity contribution in [1.29, 1.82) is 0 Å². The molecular formula is C23H33IN4O3. The average molecular weight is 540 g/mol. The molecule has 0 aromatic heterocycles. The molecule has 31 heavy (non-hydrogen) atoms. The van der Waals surface area contributed by atoms with Crippen LogP contribution in [0, 0.1) is 11.3 Å². The number of aliphatic imine (C=N–C) groups is 1. The molecule has 7 nitrogen and oxygen atoms in total. The highest BCUT2D eigenvalue weighted by Gasteiger charge is 2.66. The van der Waals surface area contributed by atoms with Gasteiger partial charge in [-0.2, -0.15) is 0 Å². The van der Waals surface area contributed by atoms with Crippen molar-refractivity contribution < 1.29 is 14.2 Å². The quantitative estimate of drug-likeness (QED) is 0.362. The summed E-state index contributed by atoms with van der Waals surface area (Å²) in [6.07, 6.45) is 5.67. The normalized spacial score (nSPS) is 30.9. The Hall–Kier alpha value is -1.26. The lowest BCUT2D eigenvalue weighted by Crippen LogP contribution is -2.73. The van der Waals surface area contributed by atoms with Crippen molar-refractivity contribution in [3.63, 3.8) is 0 Å². The van der Waals surface area contributed by atoms with Gasteiger partial charge in [-0.05, 0) is 37.0 Å². The van der Waals surface area contributed by atoms with E-state index in [1.54, 1.807) is 0 Å². The maximum absolute atomic E-state index is 6.08. The molecule has 5 aliphatic rings. The first kappa shape index (κ1) is 21.6. The summed E-state index contributed by atoms with van der Waals surface area (Å²) in [6, 6.07) is 6.83. The maximum atomic E-state index is 6.08. The second-order valence-corrected chi connectivity index (χ2v) is 9.45. The molecule has 170 valence electrons. The molecule has 1 aromatic carbocycles. The van der Waals surface area contributed by atoms with Gasteiger partial charge in [0.1, 0.15) is 0 Å². The first-order chi connectivity index (χ1) is 14.8. The molecule has 0 radical (unpaired) electrons. The second kappa shape index (κ2) is 8.59. The predicted octanol–water partition coefficient (Wildman–Crippen LogP) is 2.68. The van der Waals surface area contributed by atoms with Gasteiger partial charge in [-0.1, -0.05) is 12.5 Å². The minimum absolute atomic E-state index is 0. The number of benzene rings is 1. The van der Waals surface area contributed by atoms with Crippen molar-refractivity contribution in [2.75, 3.05) is 46.6 Å². The van der Waals surface area contributed by atoms with E-state index >= 15 is 0 Å². The molecule has 1 N–H and O–H groups in total. The van der Waals surface area contributed by atoms with Crippen molar-refractivity contribution in [2.45, 2.75) is 44.4 Å². The lowest BCUT2D eigenvalue weighted by Gasteiger charge is -2.63. The summed E-state index contributed by atoms with van der Waals surface area (Å²) in [6.45, 7) is 6.32. The van der Waals surface area contributed by atoms with E-state index in [9.17, 15) is 0 Å². The molecule has 8 heteroatoms.